The number of rotatable bonds is 11. The largest absolute Gasteiger partial charge is 0.547 e. The summed E-state index contributed by atoms with van der Waals surface area (Å²) >= 11 is 0. The molecule has 2 heterocycles. The Morgan fingerprint density at radius 2 is 2.03 bits per heavy atom. The number of carbonyl (C=O) groups is 3. The number of benzene rings is 1. The first-order valence-corrected chi connectivity index (χ1v) is 11.8. The number of hydrogen-bond acceptors (Lipinski definition) is 10. The number of esters is 2. The van der Waals surface area contributed by atoms with Crippen molar-refractivity contribution in [2.24, 2.45) is 5.92 Å². The highest BCUT2D eigenvalue weighted by Crippen LogP contribution is 2.30. The van der Waals surface area contributed by atoms with Crippen LogP contribution < -0.4 is 9.97 Å². The Hall–Kier alpha value is -3.45. The monoisotopic (exact) mass is 501 g/mol. The molecule has 12 nitrogen and oxygen atoms in total. The zero-order valence-electron chi connectivity index (χ0n) is 21.0. The third kappa shape index (κ3) is 7.04. The van der Waals surface area contributed by atoms with E-state index >= 15 is 0 Å². The number of hydrogen-bond donors (Lipinski definition) is 2. The van der Waals surface area contributed by atoms with Gasteiger partial charge in [-0.2, -0.15) is 0 Å². The molecule has 0 unspecified atom stereocenters. The zero-order chi connectivity index (χ0) is 26.2. The molecular formula is C23H32BN5O7. The molecule has 1 aromatic heterocycles. The van der Waals surface area contributed by atoms with Gasteiger partial charge in [0.15, 0.2) is 0 Å². The van der Waals surface area contributed by atoms with Crippen molar-refractivity contribution in [2.45, 2.75) is 52.1 Å². The minimum absolute atomic E-state index is 0.0709. The van der Waals surface area contributed by atoms with Gasteiger partial charge in [-0.1, -0.05) is 31.2 Å². The molecule has 13 heteroatoms. The van der Waals surface area contributed by atoms with Crippen LogP contribution in [0.25, 0.3) is 0 Å². The molecule has 0 saturated heterocycles. The molecule has 0 aliphatic carbocycles. The second-order valence-electron chi connectivity index (χ2n) is 8.85. The van der Waals surface area contributed by atoms with E-state index in [0.29, 0.717) is 24.9 Å². The molecule has 1 aliphatic heterocycles. The topological polar surface area (TPSA) is 145 Å². The number of fused-ring (bicyclic) bond motifs is 1. The molecule has 1 aromatic carbocycles. The summed E-state index contributed by atoms with van der Waals surface area (Å²) in [6.45, 7) is 3.77. The summed E-state index contributed by atoms with van der Waals surface area (Å²) < 4.78 is 17.1. The molecule has 0 saturated carbocycles. The molecule has 1 atom stereocenters. The summed E-state index contributed by atoms with van der Waals surface area (Å²) in [4.78, 5) is 39.0. The van der Waals surface area contributed by atoms with Crippen molar-refractivity contribution >= 4 is 25.0 Å². The average molecular weight is 501 g/mol. The standard InChI is InChI=1S/C23H32BN5O7/c1-5-15(6-2)22(31)34-14-35-23(32)18-9-7-8-16-10-19(24(33)36-21(16)18)25-20(30)13-29-12-17(26-27-29)11-28(3)4/h7-9,12,15,19,33H,5-6,10-11,13-14H2,1-4H3,(H,25,30)/t19-/m0/s1. The summed E-state index contributed by atoms with van der Waals surface area (Å²) in [5.41, 5.74) is 1.43. The predicted octanol–water partition coefficient (Wildman–Crippen LogP) is 0.573. The van der Waals surface area contributed by atoms with Gasteiger partial charge < -0.3 is 29.4 Å². The van der Waals surface area contributed by atoms with Crippen LogP contribution in [-0.2, 0) is 38.6 Å². The van der Waals surface area contributed by atoms with Crippen LogP contribution in [0.1, 0.15) is 48.3 Å². The lowest BCUT2D eigenvalue weighted by molar-refractivity contribution is -0.157. The summed E-state index contributed by atoms with van der Waals surface area (Å²) in [7, 11) is 2.43. The molecule has 36 heavy (non-hydrogen) atoms. The van der Waals surface area contributed by atoms with Gasteiger partial charge in [0.1, 0.15) is 17.9 Å². The van der Waals surface area contributed by atoms with E-state index in [1.165, 1.54) is 10.7 Å². The van der Waals surface area contributed by atoms with Crippen molar-refractivity contribution in [2.75, 3.05) is 20.9 Å². The van der Waals surface area contributed by atoms with Crippen LogP contribution in [0, 0.1) is 5.92 Å². The molecule has 0 radical (unpaired) electrons. The fraction of sp³-hybridized carbons (Fsp3) is 0.522. The minimum Gasteiger partial charge on any atom is -0.534 e. The first-order chi connectivity index (χ1) is 17.2. The van der Waals surface area contributed by atoms with Crippen LogP contribution in [0.15, 0.2) is 24.4 Å². The van der Waals surface area contributed by atoms with Crippen molar-refractivity contribution in [1.82, 2.24) is 25.2 Å². The lowest BCUT2D eigenvalue weighted by Crippen LogP contribution is -2.53. The van der Waals surface area contributed by atoms with Crippen molar-refractivity contribution in [3.63, 3.8) is 0 Å². The van der Waals surface area contributed by atoms with Crippen LogP contribution in [-0.4, -0.2) is 76.7 Å². The first kappa shape index (κ1) is 27.1. The Labute approximate surface area is 210 Å². The number of amides is 1. The molecule has 0 spiro atoms. The van der Waals surface area contributed by atoms with Crippen molar-refractivity contribution in [1.29, 1.82) is 0 Å². The van der Waals surface area contributed by atoms with Gasteiger partial charge in [-0.15, -0.1) is 5.10 Å². The van der Waals surface area contributed by atoms with E-state index in [-0.39, 0.29) is 36.1 Å². The van der Waals surface area contributed by atoms with Crippen LogP contribution >= 0.6 is 0 Å². The third-order valence-electron chi connectivity index (χ3n) is 5.77. The molecule has 1 aliphatic rings. The van der Waals surface area contributed by atoms with Gasteiger partial charge in [0, 0.05) is 6.54 Å². The lowest BCUT2D eigenvalue weighted by atomic mass is 9.72. The average Bonchev–Trinajstić information content (AvgIpc) is 3.25. The summed E-state index contributed by atoms with van der Waals surface area (Å²) in [5.74, 6) is -2.37. The Morgan fingerprint density at radius 1 is 1.28 bits per heavy atom. The van der Waals surface area contributed by atoms with E-state index in [9.17, 15) is 19.4 Å². The maximum atomic E-state index is 12.6. The van der Waals surface area contributed by atoms with Crippen molar-refractivity contribution in [3.05, 3.63) is 41.2 Å². The van der Waals surface area contributed by atoms with Gasteiger partial charge in [-0.25, -0.2) is 9.48 Å². The number of carbonyl (C=O) groups excluding carboxylic acids is 3. The normalized spacial score (nSPS) is 14.9. The lowest BCUT2D eigenvalue weighted by Gasteiger charge is -2.29. The number of aromatic nitrogens is 3. The van der Waals surface area contributed by atoms with Gasteiger partial charge in [-0.05, 0) is 45.0 Å². The van der Waals surface area contributed by atoms with E-state index in [1.54, 1.807) is 18.3 Å². The smallest absolute Gasteiger partial charge is 0.534 e. The van der Waals surface area contributed by atoms with E-state index < -0.39 is 31.8 Å². The molecule has 194 valence electrons. The molecule has 0 bridgehead atoms. The van der Waals surface area contributed by atoms with Crippen LogP contribution in [0.5, 0.6) is 5.75 Å². The highest BCUT2D eigenvalue weighted by atomic mass is 16.7. The van der Waals surface area contributed by atoms with Gasteiger partial charge in [-0.3, -0.25) is 9.59 Å². The SMILES string of the molecule is CCC(CC)C(=O)OCOC(=O)c1cccc2c1OB(O)[C@@H](NC(=O)Cn1cc(CN(C)C)nn1)C2. The quantitative estimate of drug-likeness (QED) is 0.255. The van der Waals surface area contributed by atoms with E-state index in [4.69, 9.17) is 14.1 Å². The Kier molecular flexibility index (Phi) is 9.42. The molecule has 2 aromatic rings. The number of nitrogens with zero attached hydrogens (tertiary/aromatic N) is 4. The van der Waals surface area contributed by atoms with Gasteiger partial charge in [0.25, 0.3) is 0 Å². The summed E-state index contributed by atoms with van der Waals surface area (Å²) in [6.07, 6.45) is 3.18. The highest BCUT2D eigenvalue weighted by Gasteiger charge is 2.38. The minimum atomic E-state index is -1.39. The maximum absolute atomic E-state index is 12.6. The van der Waals surface area contributed by atoms with Crippen molar-refractivity contribution in [3.8, 4) is 5.75 Å². The molecular weight excluding hydrogens is 469 g/mol. The second kappa shape index (κ2) is 12.5. The summed E-state index contributed by atoms with van der Waals surface area (Å²) in [5, 5.41) is 21.2. The van der Waals surface area contributed by atoms with E-state index in [0.717, 1.165) is 5.69 Å². The van der Waals surface area contributed by atoms with Crippen LogP contribution in [0.2, 0.25) is 0 Å². The van der Waals surface area contributed by atoms with Gasteiger partial charge in [0.05, 0.1) is 23.7 Å². The Balaban J connectivity index is 1.57. The maximum Gasteiger partial charge on any atom is 0.547 e. The Bertz CT molecular complexity index is 1070. The number of nitrogens with one attached hydrogen (secondary N) is 1. The van der Waals surface area contributed by atoms with Crippen LogP contribution in [0.3, 0.4) is 0 Å². The molecule has 3 rings (SSSR count). The van der Waals surface area contributed by atoms with Gasteiger partial charge >= 0.3 is 19.1 Å². The summed E-state index contributed by atoms with van der Waals surface area (Å²) in [6, 6.07) is 4.87. The third-order valence-corrected chi connectivity index (χ3v) is 5.77. The predicted molar refractivity (Wildman–Crippen MR) is 129 cm³/mol. The first-order valence-electron chi connectivity index (χ1n) is 11.8. The Morgan fingerprint density at radius 3 is 2.72 bits per heavy atom. The highest BCUT2D eigenvalue weighted by molar-refractivity contribution is 6.47. The fourth-order valence-corrected chi connectivity index (χ4v) is 3.88. The molecule has 1 amide bonds. The fourth-order valence-electron chi connectivity index (χ4n) is 3.88. The van der Waals surface area contributed by atoms with E-state index in [2.05, 4.69) is 15.6 Å². The van der Waals surface area contributed by atoms with Crippen LogP contribution in [0.4, 0.5) is 0 Å². The second-order valence-corrected chi connectivity index (χ2v) is 8.85. The van der Waals surface area contributed by atoms with Crippen molar-refractivity contribution < 1.29 is 33.5 Å². The number of para-hydroxylation sites is 1. The molecule has 2 N–H and O–H groups in total. The number of ether oxygens (including phenoxy) is 2. The zero-order valence-corrected chi connectivity index (χ0v) is 21.0. The molecule has 0 fully saturated rings. The van der Waals surface area contributed by atoms with E-state index in [1.807, 2.05) is 32.8 Å². The van der Waals surface area contributed by atoms with Gasteiger partial charge in [0.2, 0.25) is 12.7 Å².